The fourth-order valence-electron chi connectivity index (χ4n) is 5.32. The lowest BCUT2D eigenvalue weighted by Crippen LogP contribution is -2.39. The van der Waals surface area contributed by atoms with Crippen LogP contribution in [0, 0.1) is 0 Å². The van der Waals surface area contributed by atoms with Crippen LogP contribution in [0.25, 0.3) is 0 Å². The summed E-state index contributed by atoms with van der Waals surface area (Å²) in [5, 5.41) is 3.93. The summed E-state index contributed by atoms with van der Waals surface area (Å²) in [7, 11) is 0. The lowest BCUT2D eigenvalue weighted by molar-refractivity contribution is 0.298. The van der Waals surface area contributed by atoms with Crippen molar-refractivity contribution in [3.63, 3.8) is 0 Å². The van der Waals surface area contributed by atoms with Gasteiger partial charge in [-0.25, -0.2) is 0 Å². The molecule has 174 valence electrons. The molecule has 0 radical (unpaired) electrons. The van der Waals surface area contributed by atoms with Gasteiger partial charge in [-0.3, -0.25) is 0 Å². The van der Waals surface area contributed by atoms with Crippen LogP contribution in [0.5, 0.6) is 0 Å². The van der Waals surface area contributed by atoms with E-state index in [2.05, 4.69) is 19.2 Å². The highest BCUT2D eigenvalue weighted by molar-refractivity contribution is 4.92. The lowest BCUT2D eigenvalue weighted by atomic mass is 9.85. The molecule has 1 heterocycles. The van der Waals surface area contributed by atoms with E-state index in [1.54, 1.807) is 0 Å². The molecule has 1 nitrogen and oxygen atoms in total. The topological polar surface area (TPSA) is 12.0 Å². The zero-order valence-electron chi connectivity index (χ0n) is 20.7. The first kappa shape index (κ1) is 27.0. The summed E-state index contributed by atoms with van der Waals surface area (Å²) < 4.78 is 0. The fraction of sp³-hybridized carbons (Fsp3) is 1.00. The molecule has 0 bridgehead atoms. The van der Waals surface area contributed by atoms with Crippen LogP contribution in [-0.4, -0.2) is 12.1 Å². The Bertz CT molecular complexity index is 292. The summed E-state index contributed by atoms with van der Waals surface area (Å²) in [4.78, 5) is 0. The van der Waals surface area contributed by atoms with E-state index in [4.69, 9.17) is 0 Å². The summed E-state index contributed by atoms with van der Waals surface area (Å²) in [6.45, 7) is 5.89. The molecule has 1 aliphatic rings. The van der Waals surface area contributed by atoms with Crippen LogP contribution >= 0.6 is 0 Å². The third-order valence-electron chi connectivity index (χ3n) is 7.35. The Kier molecular flexibility index (Phi) is 18.5. The van der Waals surface area contributed by atoms with Crippen LogP contribution in [0.2, 0.25) is 0 Å². The minimum Gasteiger partial charge on any atom is -0.311 e. The number of hydrogen-bond donors (Lipinski definition) is 1. The minimum absolute atomic E-state index is 0.528. The van der Waals surface area contributed by atoms with E-state index in [0.717, 1.165) is 0 Å². The Hall–Kier alpha value is -0.0400. The van der Waals surface area contributed by atoms with Crippen molar-refractivity contribution in [2.24, 2.45) is 0 Å². The standard InChI is InChI=1S/C28H57N/c1-3-5-7-9-11-13-15-17-19-21-24-28(26-23-27-29-28)25-22-20-18-16-14-12-10-8-6-4-2/h29H,3-27H2,1-2H3. The molecule has 0 aromatic heterocycles. The summed E-state index contributed by atoms with van der Waals surface area (Å²) in [6.07, 6.45) is 34.9. The monoisotopic (exact) mass is 407 g/mol. The van der Waals surface area contributed by atoms with E-state index in [1.165, 1.54) is 161 Å². The first-order valence-electron chi connectivity index (χ1n) is 14.1. The molecule has 1 N–H and O–H groups in total. The zero-order valence-corrected chi connectivity index (χ0v) is 20.7. The molecule has 0 atom stereocenters. The Morgan fingerprint density at radius 1 is 0.483 bits per heavy atom. The number of hydrogen-bond acceptors (Lipinski definition) is 1. The van der Waals surface area contributed by atoms with Gasteiger partial charge in [0, 0.05) is 5.54 Å². The maximum absolute atomic E-state index is 3.93. The Balaban J connectivity index is 1.95. The SMILES string of the molecule is CCCCCCCCCCCCC1(CCCCCCCCCCCC)CCCN1. The van der Waals surface area contributed by atoms with Gasteiger partial charge in [0.05, 0.1) is 0 Å². The van der Waals surface area contributed by atoms with Crippen LogP contribution in [0.1, 0.15) is 168 Å². The van der Waals surface area contributed by atoms with Crippen LogP contribution in [0.3, 0.4) is 0 Å². The van der Waals surface area contributed by atoms with Gasteiger partial charge < -0.3 is 5.32 Å². The van der Waals surface area contributed by atoms with Crippen LogP contribution in [-0.2, 0) is 0 Å². The molecule has 1 aliphatic heterocycles. The van der Waals surface area contributed by atoms with Crippen molar-refractivity contribution in [3.05, 3.63) is 0 Å². The van der Waals surface area contributed by atoms with Gasteiger partial charge >= 0.3 is 0 Å². The van der Waals surface area contributed by atoms with Crippen molar-refractivity contribution < 1.29 is 0 Å². The molecule has 0 saturated carbocycles. The Labute approximate surface area is 185 Å². The fourth-order valence-corrected chi connectivity index (χ4v) is 5.32. The maximum atomic E-state index is 3.93. The summed E-state index contributed by atoms with van der Waals surface area (Å²) >= 11 is 0. The van der Waals surface area contributed by atoms with Crippen molar-refractivity contribution in [3.8, 4) is 0 Å². The smallest absolute Gasteiger partial charge is 0.0182 e. The van der Waals surface area contributed by atoms with Crippen LogP contribution in [0.15, 0.2) is 0 Å². The predicted molar refractivity (Wildman–Crippen MR) is 133 cm³/mol. The second kappa shape index (κ2) is 19.9. The molecule has 0 aromatic rings. The normalized spacial score (nSPS) is 15.9. The maximum Gasteiger partial charge on any atom is 0.0182 e. The van der Waals surface area contributed by atoms with Crippen LogP contribution < -0.4 is 5.32 Å². The van der Waals surface area contributed by atoms with Gasteiger partial charge in [0.2, 0.25) is 0 Å². The molecule has 0 amide bonds. The molecule has 1 saturated heterocycles. The second-order valence-corrected chi connectivity index (χ2v) is 10.2. The first-order chi connectivity index (χ1) is 14.3. The molecule has 1 rings (SSSR count). The van der Waals surface area contributed by atoms with E-state index in [9.17, 15) is 0 Å². The largest absolute Gasteiger partial charge is 0.311 e. The van der Waals surface area contributed by atoms with Gasteiger partial charge in [0.1, 0.15) is 0 Å². The molecular weight excluding hydrogens is 350 g/mol. The van der Waals surface area contributed by atoms with E-state index >= 15 is 0 Å². The number of nitrogens with one attached hydrogen (secondary N) is 1. The molecule has 29 heavy (non-hydrogen) atoms. The molecular formula is C28H57N. The molecule has 0 spiro atoms. The van der Waals surface area contributed by atoms with Gasteiger partial charge in [-0.2, -0.15) is 0 Å². The summed E-state index contributed by atoms with van der Waals surface area (Å²) in [6, 6.07) is 0. The lowest BCUT2D eigenvalue weighted by Gasteiger charge is -2.30. The van der Waals surface area contributed by atoms with Crippen molar-refractivity contribution in [2.45, 2.75) is 173 Å². The third-order valence-corrected chi connectivity index (χ3v) is 7.35. The van der Waals surface area contributed by atoms with Gasteiger partial charge in [0.25, 0.3) is 0 Å². The van der Waals surface area contributed by atoms with E-state index < -0.39 is 0 Å². The molecule has 1 fully saturated rings. The first-order valence-corrected chi connectivity index (χ1v) is 14.1. The van der Waals surface area contributed by atoms with Gasteiger partial charge in [-0.15, -0.1) is 0 Å². The Morgan fingerprint density at radius 3 is 1.14 bits per heavy atom. The van der Waals surface area contributed by atoms with Crippen LogP contribution in [0.4, 0.5) is 0 Å². The van der Waals surface area contributed by atoms with Gasteiger partial charge in [-0.05, 0) is 32.2 Å². The minimum atomic E-state index is 0.528. The van der Waals surface area contributed by atoms with Crippen molar-refractivity contribution in [1.29, 1.82) is 0 Å². The highest BCUT2D eigenvalue weighted by Gasteiger charge is 2.31. The van der Waals surface area contributed by atoms with Crippen molar-refractivity contribution in [2.75, 3.05) is 6.54 Å². The molecule has 0 aromatic carbocycles. The average molecular weight is 408 g/mol. The van der Waals surface area contributed by atoms with E-state index in [-0.39, 0.29) is 0 Å². The van der Waals surface area contributed by atoms with Gasteiger partial charge in [-0.1, -0.05) is 142 Å². The molecule has 0 unspecified atom stereocenters. The summed E-state index contributed by atoms with van der Waals surface area (Å²) in [5.74, 6) is 0. The Morgan fingerprint density at radius 2 is 0.828 bits per heavy atom. The number of rotatable bonds is 22. The average Bonchev–Trinajstić information content (AvgIpc) is 3.20. The number of unbranched alkanes of at least 4 members (excludes halogenated alkanes) is 18. The van der Waals surface area contributed by atoms with E-state index in [0.29, 0.717) is 5.54 Å². The van der Waals surface area contributed by atoms with Crippen molar-refractivity contribution >= 4 is 0 Å². The predicted octanol–water partition coefficient (Wildman–Crippen LogP) is 9.73. The van der Waals surface area contributed by atoms with E-state index in [1.807, 2.05) is 0 Å². The second-order valence-electron chi connectivity index (χ2n) is 10.2. The molecule has 1 heteroatoms. The highest BCUT2D eigenvalue weighted by atomic mass is 15.0. The van der Waals surface area contributed by atoms with Gasteiger partial charge in [0.15, 0.2) is 0 Å². The summed E-state index contributed by atoms with van der Waals surface area (Å²) in [5.41, 5.74) is 0.528. The quantitative estimate of drug-likeness (QED) is 0.176. The molecule has 0 aliphatic carbocycles. The highest BCUT2D eigenvalue weighted by Crippen LogP contribution is 2.31. The zero-order chi connectivity index (χ0) is 20.9. The van der Waals surface area contributed by atoms with Crippen molar-refractivity contribution in [1.82, 2.24) is 5.32 Å². The third kappa shape index (κ3) is 15.4.